The van der Waals surface area contributed by atoms with Crippen LogP contribution >= 0.6 is 22.9 Å². The van der Waals surface area contributed by atoms with E-state index >= 15 is 0 Å². The molecule has 0 atom stereocenters. The first kappa shape index (κ1) is 19.6. The highest BCUT2D eigenvalue weighted by atomic mass is 35.5. The molecule has 7 nitrogen and oxygen atoms in total. The highest BCUT2D eigenvalue weighted by molar-refractivity contribution is 7.09. The molecule has 30 heavy (non-hydrogen) atoms. The fraction of sp³-hybridized carbons (Fsp3) is 0.0476. The molecule has 4 aromatic rings. The van der Waals surface area contributed by atoms with E-state index in [0.29, 0.717) is 39.9 Å². The van der Waals surface area contributed by atoms with Gasteiger partial charge >= 0.3 is 5.91 Å². The van der Waals surface area contributed by atoms with Gasteiger partial charge in [-0.2, -0.15) is 0 Å². The maximum Gasteiger partial charge on any atom is 0.301 e. The van der Waals surface area contributed by atoms with Crippen LogP contribution in [0.2, 0.25) is 5.02 Å². The number of nitrogens with one attached hydrogen (secondary N) is 2. The molecule has 1 amide bonds. The van der Waals surface area contributed by atoms with Gasteiger partial charge in [0.1, 0.15) is 30.3 Å². The Morgan fingerprint density at radius 3 is 2.90 bits per heavy atom. The minimum Gasteiger partial charge on any atom is -0.487 e. The van der Waals surface area contributed by atoms with Gasteiger partial charge in [0.05, 0.1) is 15.9 Å². The second-order valence-electron chi connectivity index (χ2n) is 6.05. The number of aromatic nitrogens is 3. The van der Waals surface area contributed by atoms with Crippen LogP contribution < -0.4 is 15.4 Å². The number of terminal acetylenes is 1. The van der Waals surface area contributed by atoms with Crippen LogP contribution in [0.25, 0.3) is 10.9 Å². The van der Waals surface area contributed by atoms with Crippen molar-refractivity contribution < 1.29 is 9.53 Å². The standard InChI is InChI=1S/C21H14ClN5O2S/c1-2-20(28)27-19-9-17-15(10-23-19)21(25-12-24-17)26-13-5-6-18(16(22)8-13)29-11-14-4-3-7-30-14/h1,3-10,12H,11H2,(H,23,27,28)(H,24,25,26). The van der Waals surface area contributed by atoms with Crippen molar-refractivity contribution in [1.82, 2.24) is 15.0 Å². The number of rotatable bonds is 6. The van der Waals surface area contributed by atoms with E-state index in [1.165, 1.54) is 6.33 Å². The Morgan fingerprint density at radius 1 is 1.23 bits per heavy atom. The fourth-order valence-electron chi connectivity index (χ4n) is 2.65. The van der Waals surface area contributed by atoms with E-state index in [1.54, 1.807) is 35.7 Å². The zero-order chi connectivity index (χ0) is 20.9. The lowest BCUT2D eigenvalue weighted by molar-refractivity contribution is -0.111. The molecule has 0 saturated heterocycles. The summed E-state index contributed by atoms with van der Waals surface area (Å²) < 4.78 is 5.78. The van der Waals surface area contributed by atoms with Gasteiger partial charge in [0.2, 0.25) is 0 Å². The van der Waals surface area contributed by atoms with Gasteiger partial charge in [-0.15, -0.1) is 17.8 Å². The van der Waals surface area contributed by atoms with Gasteiger partial charge in [-0.3, -0.25) is 10.1 Å². The van der Waals surface area contributed by atoms with Crippen LogP contribution in [0.3, 0.4) is 0 Å². The molecule has 0 spiro atoms. The lowest BCUT2D eigenvalue weighted by atomic mass is 10.2. The second-order valence-corrected chi connectivity index (χ2v) is 7.49. The highest BCUT2D eigenvalue weighted by Crippen LogP contribution is 2.31. The molecule has 148 valence electrons. The van der Waals surface area contributed by atoms with Crippen LogP contribution in [0, 0.1) is 12.3 Å². The summed E-state index contributed by atoms with van der Waals surface area (Å²) in [5, 5.41) is 8.85. The van der Waals surface area contributed by atoms with E-state index in [-0.39, 0.29) is 0 Å². The average Bonchev–Trinajstić information content (AvgIpc) is 3.27. The van der Waals surface area contributed by atoms with Crippen molar-refractivity contribution in [2.75, 3.05) is 10.6 Å². The van der Waals surface area contributed by atoms with E-state index in [9.17, 15) is 4.79 Å². The molecule has 0 bridgehead atoms. The second kappa shape index (κ2) is 8.78. The van der Waals surface area contributed by atoms with Crippen LogP contribution in [-0.2, 0) is 11.4 Å². The van der Waals surface area contributed by atoms with E-state index in [2.05, 4.69) is 25.6 Å². The summed E-state index contributed by atoms with van der Waals surface area (Å²) in [5.41, 5.74) is 1.32. The first-order valence-electron chi connectivity index (χ1n) is 8.72. The number of thiophene rings is 1. The van der Waals surface area contributed by atoms with Gasteiger partial charge in [0, 0.05) is 22.8 Å². The van der Waals surface area contributed by atoms with Crippen molar-refractivity contribution in [3.05, 3.63) is 64.2 Å². The normalized spacial score (nSPS) is 10.4. The van der Waals surface area contributed by atoms with E-state index in [1.807, 2.05) is 29.5 Å². The summed E-state index contributed by atoms with van der Waals surface area (Å²) in [5.74, 6) is 2.85. The van der Waals surface area contributed by atoms with E-state index < -0.39 is 5.91 Å². The third kappa shape index (κ3) is 4.49. The van der Waals surface area contributed by atoms with Gasteiger partial charge in [0.25, 0.3) is 0 Å². The molecule has 0 aliphatic carbocycles. The maximum atomic E-state index is 11.3. The lowest BCUT2D eigenvalue weighted by Gasteiger charge is -2.11. The minimum absolute atomic E-state index is 0.311. The summed E-state index contributed by atoms with van der Waals surface area (Å²) in [6.45, 7) is 0.463. The quantitative estimate of drug-likeness (QED) is 0.429. The third-order valence-electron chi connectivity index (χ3n) is 4.04. The SMILES string of the molecule is C#CC(=O)Nc1cc2ncnc(Nc3ccc(OCc4cccs4)c(Cl)c3)c2cn1. The summed E-state index contributed by atoms with van der Waals surface area (Å²) in [6.07, 6.45) is 8.04. The number of amides is 1. The number of fused-ring (bicyclic) bond motifs is 1. The van der Waals surface area contributed by atoms with Gasteiger partial charge in [0.15, 0.2) is 0 Å². The molecule has 1 aromatic carbocycles. The molecule has 9 heteroatoms. The summed E-state index contributed by atoms with van der Waals surface area (Å²) >= 11 is 8.00. The number of anilines is 3. The Bertz CT molecular complexity index is 1250. The van der Waals surface area contributed by atoms with Gasteiger partial charge in [-0.05, 0) is 35.6 Å². The number of ether oxygens (including phenoxy) is 1. The summed E-state index contributed by atoms with van der Waals surface area (Å²) in [7, 11) is 0. The fourth-order valence-corrected chi connectivity index (χ4v) is 3.50. The first-order chi connectivity index (χ1) is 14.6. The Labute approximate surface area is 181 Å². The minimum atomic E-state index is -0.578. The van der Waals surface area contributed by atoms with Crippen molar-refractivity contribution >= 4 is 57.1 Å². The van der Waals surface area contributed by atoms with Gasteiger partial charge in [-0.25, -0.2) is 15.0 Å². The molecular formula is C21H14ClN5O2S. The van der Waals surface area contributed by atoms with Crippen molar-refractivity contribution in [2.45, 2.75) is 6.61 Å². The first-order valence-corrected chi connectivity index (χ1v) is 9.98. The number of halogens is 1. The van der Waals surface area contributed by atoms with Crippen molar-refractivity contribution in [3.63, 3.8) is 0 Å². The zero-order valence-corrected chi connectivity index (χ0v) is 17.0. The molecule has 0 aliphatic heterocycles. The van der Waals surface area contributed by atoms with Crippen LogP contribution in [0.4, 0.5) is 17.3 Å². The largest absolute Gasteiger partial charge is 0.487 e. The molecule has 2 N–H and O–H groups in total. The predicted molar refractivity (Wildman–Crippen MR) is 118 cm³/mol. The summed E-state index contributed by atoms with van der Waals surface area (Å²) in [4.78, 5) is 25.1. The van der Waals surface area contributed by atoms with Crippen molar-refractivity contribution in [1.29, 1.82) is 0 Å². The van der Waals surface area contributed by atoms with Gasteiger partial charge in [-0.1, -0.05) is 17.7 Å². The topological polar surface area (TPSA) is 89.0 Å². The molecule has 3 aromatic heterocycles. The number of nitrogens with zero attached hydrogens (tertiary/aromatic N) is 3. The lowest BCUT2D eigenvalue weighted by Crippen LogP contribution is -2.09. The number of carbonyl (C=O) groups excluding carboxylic acids is 1. The molecule has 3 heterocycles. The van der Waals surface area contributed by atoms with Crippen LogP contribution in [0.1, 0.15) is 4.88 Å². The third-order valence-corrected chi connectivity index (χ3v) is 5.18. The van der Waals surface area contributed by atoms with Crippen LogP contribution in [0.5, 0.6) is 5.75 Å². The molecule has 0 unspecified atom stereocenters. The van der Waals surface area contributed by atoms with Gasteiger partial charge < -0.3 is 10.1 Å². The Kier molecular flexibility index (Phi) is 5.75. The molecule has 0 aliphatic rings. The van der Waals surface area contributed by atoms with E-state index in [4.69, 9.17) is 22.8 Å². The average molecular weight is 436 g/mol. The van der Waals surface area contributed by atoms with Crippen molar-refractivity contribution in [3.8, 4) is 18.1 Å². The molecular weight excluding hydrogens is 422 g/mol. The Morgan fingerprint density at radius 2 is 2.13 bits per heavy atom. The Hall–Kier alpha value is -3.67. The monoisotopic (exact) mass is 435 g/mol. The smallest absolute Gasteiger partial charge is 0.301 e. The maximum absolute atomic E-state index is 11.3. The number of hydrogen-bond acceptors (Lipinski definition) is 7. The predicted octanol–water partition coefficient (Wildman–Crippen LogP) is 4.63. The summed E-state index contributed by atoms with van der Waals surface area (Å²) in [6, 6.07) is 11.0. The number of carbonyl (C=O) groups is 1. The highest BCUT2D eigenvalue weighted by Gasteiger charge is 2.09. The zero-order valence-electron chi connectivity index (χ0n) is 15.4. The van der Waals surface area contributed by atoms with E-state index in [0.717, 1.165) is 10.6 Å². The Balaban J connectivity index is 1.52. The van der Waals surface area contributed by atoms with Crippen molar-refractivity contribution in [2.24, 2.45) is 0 Å². The number of pyridine rings is 1. The number of benzene rings is 1. The number of hydrogen-bond donors (Lipinski definition) is 2. The molecule has 0 saturated carbocycles. The molecule has 0 radical (unpaired) electrons. The molecule has 0 fully saturated rings. The molecule has 4 rings (SSSR count). The van der Waals surface area contributed by atoms with Crippen LogP contribution in [-0.4, -0.2) is 20.9 Å². The van der Waals surface area contributed by atoms with Crippen LogP contribution in [0.15, 0.2) is 54.3 Å².